The number of carbonyl (C=O) groups excluding carboxylic acids is 3. The van der Waals surface area contributed by atoms with E-state index >= 15 is 0 Å². The highest BCUT2D eigenvalue weighted by atomic mass is 16.5. The van der Waals surface area contributed by atoms with Crippen molar-refractivity contribution >= 4 is 29.2 Å². The molecule has 0 unspecified atom stereocenters. The van der Waals surface area contributed by atoms with Gasteiger partial charge in [0.1, 0.15) is 5.70 Å². The van der Waals surface area contributed by atoms with Crippen LogP contribution < -0.4 is 10.6 Å². The fraction of sp³-hybridized carbons (Fsp3) is 0.214. The SMILES string of the molecule is COC(=O)/C=C(/Nc1ccc(NC(C)=O)cc1)C(=O)OC. The molecule has 0 bridgehead atoms. The maximum atomic E-state index is 11.6. The number of hydrogen-bond donors (Lipinski definition) is 2. The molecule has 0 atom stereocenters. The highest BCUT2D eigenvalue weighted by Crippen LogP contribution is 2.15. The van der Waals surface area contributed by atoms with E-state index in [0.29, 0.717) is 11.4 Å². The van der Waals surface area contributed by atoms with Gasteiger partial charge in [0, 0.05) is 18.3 Å². The number of methoxy groups -OCH3 is 2. The zero-order valence-corrected chi connectivity index (χ0v) is 11.9. The van der Waals surface area contributed by atoms with Crippen molar-refractivity contribution in [1.82, 2.24) is 0 Å². The Morgan fingerprint density at radius 3 is 1.90 bits per heavy atom. The van der Waals surface area contributed by atoms with Gasteiger partial charge < -0.3 is 20.1 Å². The molecule has 0 saturated heterocycles. The van der Waals surface area contributed by atoms with Gasteiger partial charge in [-0.2, -0.15) is 0 Å². The summed E-state index contributed by atoms with van der Waals surface area (Å²) in [5.41, 5.74) is 1.10. The van der Waals surface area contributed by atoms with Gasteiger partial charge in [0.25, 0.3) is 0 Å². The summed E-state index contributed by atoms with van der Waals surface area (Å²) >= 11 is 0. The van der Waals surface area contributed by atoms with Crippen LogP contribution in [0.25, 0.3) is 0 Å². The molecule has 21 heavy (non-hydrogen) atoms. The maximum Gasteiger partial charge on any atom is 0.354 e. The molecule has 7 heteroatoms. The van der Waals surface area contributed by atoms with Crippen molar-refractivity contribution in [2.75, 3.05) is 24.9 Å². The summed E-state index contributed by atoms with van der Waals surface area (Å²) in [6.07, 6.45) is 0.994. The van der Waals surface area contributed by atoms with Crippen molar-refractivity contribution in [3.8, 4) is 0 Å². The molecule has 112 valence electrons. The Labute approximate surface area is 121 Å². The second-order valence-electron chi connectivity index (χ2n) is 3.96. The molecule has 1 amide bonds. The van der Waals surface area contributed by atoms with Crippen molar-refractivity contribution in [2.24, 2.45) is 0 Å². The highest BCUT2D eigenvalue weighted by molar-refractivity contribution is 5.98. The van der Waals surface area contributed by atoms with Crippen molar-refractivity contribution in [2.45, 2.75) is 6.92 Å². The van der Waals surface area contributed by atoms with Crippen LogP contribution in [-0.2, 0) is 23.9 Å². The highest BCUT2D eigenvalue weighted by Gasteiger charge is 2.12. The van der Waals surface area contributed by atoms with E-state index in [2.05, 4.69) is 20.1 Å². The zero-order valence-electron chi connectivity index (χ0n) is 11.9. The van der Waals surface area contributed by atoms with Crippen LogP contribution in [0.5, 0.6) is 0 Å². The van der Waals surface area contributed by atoms with Crippen molar-refractivity contribution in [3.05, 3.63) is 36.0 Å². The van der Waals surface area contributed by atoms with Gasteiger partial charge in [-0.3, -0.25) is 4.79 Å². The van der Waals surface area contributed by atoms with Gasteiger partial charge in [-0.1, -0.05) is 0 Å². The van der Waals surface area contributed by atoms with E-state index in [9.17, 15) is 14.4 Å². The van der Waals surface area contributed by atoms with Crippen LogP contribution >= 0.6 is 0 Å². The molecule has 1 rings (SSSR count). The van der Waals surface area contributed by atoms with Gasteiger partial charge in [-0.25, -0.2) is 9.59 Å². The van der Waals surface area contributed by atoms with Gasteiger partial charge in [-0.15, -0.1) is 0 Å². The third-order valence-electron chi connectivity index (χ3n) is 2.35. The Kier molecular flexibility index (Phi) is 5.94. The zero-order chi connectivity index (χ0) is 15.8. The van der Waals surface area contributed by atoms with Crippen LogP contribution in [0.4, 0.5) is 11.4 Å². The van der Waals surface area contributed by atoms with Gasteiger partial charge in [-0.05, 0) is 24.3 Å². The predicted molar refractivity (Wildman–Crippen MR) is 76.5 cm³/mol. The number of hydrogen-bond acceptors (Lipinski definition) is 6. The monoisotopic (exact) mass is 292 g/mol. The molecule has 0 radical (unpaired) electrons. The first-order valence-electron chi connectivity index (χ1n) is 5.99. The van der Waals surface area contributed by atoms with Crippen LogP contribution in [0.1, 0.15) is 6.92 Å². The fourth-order valence-electron chi connectivity index (χ4n) is 1.43. The van der Waals surface area contributed by atoms with Crippen LogP contribution in [0, 0.1) is 0 Å². The molecule has 0 fully saturated rings. The van der Waals surface area contributed by atoms with E-state index < -0.39 is 11.9 Å². The lowest BCUT2D eigenvalue weighted by atomic mass is 10.2. The lowest BCUT2D eigenvalue weighted by Gasteiger charge is -2.10. The van der Waals surface area contributed by atoms with Crippen LogP contribution in [0.15, 0.2) is 36.0 Å². The number of ether oxygens (including phenoxy) is 2. The summed E-state index contributed by atoms with van der Waals surface area (Å²) in [5.74, 6) is -1.57. The molecule has 2 N–H and O–H groups in total. The smallest absolute Gasteiger partial charge is 0.354 e. The first-order chi connectivity index (χ1) is 9.96. The number of anilines is 2. The maximum absolute atomic E-state index is 11.6. The summed E-state index contributed by atoms with van der Waals surface area (Å²) in [4.78, 5) is 33.7. The first-order valence-corrected chi connectivity index (χ1v) is 5.99. The summed E-state index contributed by atoms with van der Waals surface area (Å²) in [5, 5.41) is 5.36. The lowest BCUT2D eigenvalue weighted by molar-refractivity contribution is -0.138. The van der Waals surface area contributed by atoms with Gasteiger partial charge in [0.2, 0.25) is 5.91 Å². The standard InChI is InChI=1S/C14H16N2O5/c1-9(17)15-10-4-6-11(7-5-10)16-12(14(19)21-3)8-13(18)20-2/h4-8,16H,1-3H3,(H,15,17)/b12-8+. The molecule has 0 saturated carbocycles. The van der Waals surface area contributed by atoms with Gasteiger partial charge >= 0.3 is 11.9 Å². The second kappa shape index (κ2) is 7.68. The third kappa shape index (κ3) is 5.35. The Bertz CT molecular complexity index is 563. The quantitative estimate of drug-likeness (QED) is 0.627. The number of esters is 2. The molecule has 1 aromatic carbocycles. The van der Waals surface area contributed by atoms with E-state index in [1.165, 1.54) is 21.1 Å². The fourth-order valence-corrected chi connectivity index (χ4v) is 1.43. The molecular formula is C14H16N2O5. The van der Waals surface area contributed by atoms with Crippen molar-refractivity contribution < 1.29 is 23.9 Å². The number of benzene rings is 1. The average Bonchev–Trinajstić information content (AvgIpc) is 2.46. The van der Waals surface area contributed by atoms with E-state index in [1.54, 1.807) is 24.3 Å². The second-order valence-corrected chi connectivity index (χ2v) is 3.96. The summed E-state index contributed by atoms with van der Waals surface area (Å²) in [6.45, 7) is 1.40. The van der Waals surface area contributed by atoms with Crippen LogP contribution in [-0.4, -0.2) is 32.1 Å². The van der Waals surface area contributed by atoms with E-state index in [1.807, 2.05) is 0 Å². The molecule has 0 aliphatic heterocycles. The summed E-state index contributed by atoms with van der Waals surface area (Å²) < 4.78 is 9.04. The molecule has 0 heterocycles. The molecule has 1 aromatic rings. The normalized spacial score (nSPS) is 10.5. The molecule has 0 spiro atoms. The molecule has 7 nitrogen and oxygen atoms in total. The van der Waals surface area contributed by atoms with Gasteiger partial charge in [0.15, 0.2) is 0 Å². The Morgan fingerprint density at radius 1 is 0.952 bits per heavy atom. The molecule has 0 aromatic heterocycles. The minimum atomic E-state index is -0.702. The van der Waals surface area contributed by atoms with Crippen molar-refractivity contribution in [3.63, 3.8) is 0 Å². The van der Waals surface area contributed by atoms with Crippen LogP contribution in [0.2, 0.25) is 0 Å². The number of rotatable bonds is 5. The van der Waals surface area contributed by atoms with Crippen molar-refractivity contribution in [1.29, 1.82) is 0 Å². The van der Waals surface area contributed by atoms with E-state index in [0.717, 1.165) is 6.08 Å². The third-order valence-corrected chi connectivity index (χ3v) is 2.35. The molecular weight excluding hydrogens is 276 g/mol. The van der Waals surface area contributed by atoms with E-state index in [4.69, 9.17) is 0 Å². The van der Waals surface area contributed by atoms with E-state index in [-0.39, 0.29) is 11.6 Å². The predicted octanol–water partition coefficient (Wildman–Crippen LogP) is 1.29. The average molecular weight is 292 g/mol. The Morgan fingerprint density at radius 2 is 1.48 bits per heavy atom. The number of amides is 1. The minimum Gasteiger partial charge on any atom is -0.466 e. The number of carbonyl (C=O) groups is 3. The molecule has 0 aliphatic carbocycles. The summed E-state index contributed by atoms with van der Waals surface area (Å²) in [6, 6.07) is 6.58. The lowest BCUT2D eigenvalue weighted by Crippen LogP contribution is -2.15. The largest absolute Gasteiger partial charge is 0.466 e. The van der Waals surface area contributed by atoms with Gasteiger partial charge in [0.05, 0.1) is 20.3 Å². The topological polar surface area (TPSA) is 93.7 Å². The molecule has 0 aliphatic rings. The minimum absolute atomic E-state index is 0.0587. The first kappa shape index (κ1) is 16.2. The Hall–Kier alpha value is -2.83. The number of nitrogens with one attached hydrogen (secondary N) is 2. The summed E-state index contributed by atoms with van der Waals surface area (Å²) in [7, 11) is 2.41. The van der Waals surface area contributed by atoms with Crippen LogP contribution in [0.3, 0.4) is 0 Å². The Balaban J connectivity index is 2.88.